The number of amides is 1. The van der Waals surface area contributed by atoms with Gasteiger partial charge in [-0.1, -0.05) is 11.6 Å². The summed E-state index contributed by atoms with van der Waals surface area (Å²) >= 11 is 7.70. The number of anilines is 1. The average Bonchev–Trinajstić information content (AvgIpc) is 3.25. The lowest BCUT2D eigenvalue weighted by molar-refractivity contribution is -0.121. The zero-order valence-electron chi connectivity index (χ0n) is 13.6. The summed E-state index contributed by atoms with van der Waals surface area (Å²) in [5, 5.41) is 16.3. The number of fused-ring (bicyclic) bond motifs is 1. The Morgan fingerprint density at radius 2 is 2.12 bits per heavy atom. The number of hydrogen-bond acceptors (Lipinski definition) is 5. The quantitative estimate of drug-likeness (QED) is 0.761. The van der Waals surface area contributed by atoms with Crippen LogP contribution in [0.3, 0.4) is 0 Å². The topological polar surface area (TPSA) is 62.5 Å². The van der Waals surface area contributed by atoms with Gasteiger partial charge in [0.25, 0.3) is 0 Å². The van der Waals surface area contributed by atoms with E-state index in [4.69, 9.17) is 11.6 Å². The van der Waals surface area contributed by atoms with Crippen LogP contribution in [-0.2, 0) is 11.2 Å². The van der Waals surface area contributed by atoms with Gasteiger partial charge in [0.05, 0.1) is 11.4 Å². The van der Waals surface area contributed by atoms with E-state index in [1.165, 1.54) is 0 Å². The number of aromatic nitrogens is 3. The molecule has 1 aliphatic heterocycles. The molecule has 0 spiro atoms. The highest BCUT2D eigenvalue weighted by atomic mass is 35.5. The molecule has 1 saturated heterocycles. The van der Waals surface area contributed by atoms with Gasteiger partial charge in [0, 0.05) is 25.3 Å². The summed E-state index contributed by atoms with van der Waals surface area (Å²) in [6.07, 6.45) is 4.08. The Morgan fingerprint density at radius 3 is 2.88 bits per heavy atom. The Hall–Kier alpha value is -2.12. The highest BCUT2D eigenvalue weighted by molar-refractivity contribution is 7.08. The molecule has 8 heteroatoms. The van der Waals surface area contributed by atoms with Gasteiger partial charge in [-0.25, -0.2) is 0 Å². The number of hydrogen-bond donors (Lipinski definition) is 1. The second-order valence-corrected chi connectivity index (χ2v) is 7.43. The second kappa shape index (κ2) is 7.01. The first-order valence-corrected chi connectivity index (χ1v) is 9.57. The Morgan fingerprint density at radius 1 is 1.28 bits per heavy atom. The van der Waals surface area contributed by atoms with Crippen LogP contribution in [0.5, 0.6) is 0 Å². The third kappa shape index (κ3) is 3.62. The number of carbonyl (C=O) groups excluding carboxylic acids is 1. The molecule has 0 aromatic carbocycles. The minimum Gasteiger partial charge on any atom is -0.353 e. The number of nitrogens with one attached hydrogen (secondary N) is 1. The largest absolute Gasteiger partial charge is 0.353 e. The summed E-state index contributed by atoms with van der Waals surface area (Å²) < 4.78 is 1.91. The molecule has 3 aromatic heterocycles. The van der Waals surface area contributed by atoms with Crippen molar-refractivity contribution in [2.24, 2.45) is 0 Å². The Bertz CT molecular complexity index is 870. The van der Waals surface area contributed by atoms with Gasteiger partial charge in [-0.15, -0.1) is 10.2 Å². The number of nitrogens with zero attached hydrogens (tertiary/aromatic N) is 4. The van der Waals surface area contributed by atoms with Crippen molar-refractivity contribution in [3.63, 3.8) is 0 Å². The molecule has 4 heterocycles. The first-order chi connectivity index (χ1) is 12.2. The minimum absolute atomic E-state index is 0.0940. The molecule has 3 aromatic rings. The molecule has 0 atom stereocenters. The molecule has 1 fully saturated rings. The van der Waals surface area contributed by atoms with Gasteiger partial charge >= 0.3 is 0 Å². The minimum atomic E-state index is 0.0940. The SMILES string of the molecule is O=C(Cc1ccsc1)NC1CCN(c2nnc3ccc(Cl)cn23)CC1. The molecule has 4 rings (SSSR count). The van der Waals surface area contributed by atoms with Crippen LogP contribution < -0.4 is 10.2 Å². The molecule has 1 aliphatic rings. The molecule has 130 valence electrons. The lowest BCUT2D eigenvalue weighted by atomic mass is 10.0. The number of pyridine rings is 1. The van der Waals surface area contributed by atoms with Gasteiger partial charge in [-0.05, 0) is 47.4 Å². The van der Waals surface area contributed by atoms with Crippen molar-refractivity contribution in [3.05, 3.63) is 45.7 Å². The van der Waals surface area contributed by atoms with Crippen molar-refractivity contribution in [3.8, 4) is 0 Å². The van der Waals surface area contributed by atoms with Crippen molar-refractivity contribution in [2.45, 2.75) is 25.3 Å². The van der Waals surface area contributed by atoms with E-state index >= 15 is 0 Å². The molecular weight excluding hydrogens is 358 g/mol. The molecule has 0 radical (unpaired) electrons. The van der Waals surface area contributed by atoms with Crippen molar-refractivity contribution in [2.75, 3.05) is 18.0 Å². The predicted molar refractivity (Wildman–Crippen MR) is 99.4 cm³/mol. The highest BCUT2D eigenvalue weighted by Crippen LogP contribution is 2.21. The first kappa shape index (κ1) is 16.4. The van der Waals surface area contributed by atoms with Gasteiger partial charge in [0.15, 0.2) is 5.65 Å². The third-order valence-electron chi connectivity index (χ3n) is 4.44. The standard InChI is InChI=1S/C17H18ClN5OS/c18-13-1-2-15-20-21-17(23(15)10-13)22-6-3-14(4-7-22)19-16(24)9-12-5-8-25-11-12/h1-2,5,8,10-11,14H,3-4,6-7,9H2,(H,19,24). The van der Waals surface area contributed by atoms with E-state index in [0.29, 0.717) is 11.4 Å². The summed E-state index contributed by atoms with van der Waals surface area (Å²) in [6, 6.07) is 5.88. The van der Waals surface area contributed by atoms with Crippen LogP contribution in [0.1, 0.15) is 18.4 Å². The van der Waals surface area contributed by atoms with Gasteiger partial charge < -0.3 is 10.2 Å². The van der Waals surface area contributed by atoms with Gasteiger partial charge in [0.2, 0.25) is 11.9 Å². The highest BCUT2D eigenvalue weighted by Gasteiger charge is 2.23. The van der Waals surface area contributed by atoms with E-state index in [1.54, 1.807) is 11.3 Å². The van der Waals surface area contributed by atoms with Crippen LogP contribution in [0.2, 0.25) is 5.02 Å². The third-order valence-corrected chi connectivity index (χ3v) is 5.39. The van der Waals surface area contributed by atoms with Crippen molar-refractivity contribution >= 4 is 40.4 Å². The number of piperidine rings is 1. The molecule has 0 saturated carbocycles. The summed E-state index contributed by atoms with van der Waals surface area (Å²) in [7, 11) is 0. The lowest BCUT2D eigenvalue weighted by Gasteiger charge is -2.32. The van der Waals surface area contributed by atoms with Crippen molar-refractivity contribution < 1.29 is 4.79 Å². The van der Waals surface area contributed by atoms with Gasteiger partial charge in [-0.2, -0.15) is 11.3 Å². The summed E-state index contributed by atoms with van der Waals surface area (Å²) in [4.78, 5) is 14.3. The fourth-order valence-corrected chi connectivity index (χ4v) is 3.98. The smallest absolute Gasteiger partial charge is 0.231 e. The Kier molecular flexibility index (Phi) is 4.59. The van der Waals surface area contributed by atoms with E-state index in [1.807, 2.05) is 39.6 Å². The monoisotopic (exact) mass is 375 g/mol. The molecule has 6 nitrogen and oxygen atoms in total. The summed E-state index contributed by atoms with van der Waals surface area (Å²) in [6.45, 7) is 1.66. The first-order valence-electron chi connectivity index (χ1n) is 8.25. The Balaban J connectivity index is 1.36. The fraction of sp³-hybridized carbons (Fsp3) is 0.353. The fourth-order valence-electron chi connectivity index (χ4n) is 3.15. The van der Waals surface area contributed by atoms with Crippen LogP contribution in [0.4, 0.5) is 5.95 Å². The van der Waals surface area contributed by atoms with Crippen LogP contribution in [0.15, 0.2) is 35.2 Å². The normalized spacial score (nSPS) is 15.6. The molecule has 0 unspecified atom stereocenters. The van der Waals surface area contributed by atoms with E-state index in [9.17, 15) is 4.79 Å². The van der Waals surface area contributed by atoms with Gasteiger partial charge in [-0.3, -0.25) is 9.20 Å². The van der Waals surface area contributed by atoms with Crippen LogP contribution in [0.25, 0.3) is 5.65 Å². The van der Waals surface area contributed by atoms with E-state index in [-0.39, 0.29) is 11.9 Å². The number of thiophene rings is 1. The maximum absolute atomic E-state index is 12.1. The maximum Gasteiger partial charge on any atom is 0.231 e. The van der Waals surface area contributed by atoms with E-state index in [0.717, 1.165) is 43.1 Å². The number of rotatable bonds is 4. The Labute approximate surface area is 154 Å². The average molecular weight is 376 g/mol. The van der Waals surface area contributed by atoms with Crippen LogP contribution in [-0.4, -0.2) is 39.6 Å². The molecule has 1 amide bonds. The summed E-state index contributed by atoms with van der Waals surface area (Å²) in [5.74, 6) is 0.900. The van der Waals surface area contributed by atoms with E-state index in [2.05, 4.69) is 20.4 Å². The molecular formula is C17H18ClN5OS. The summed E-state index contributed by atoms with van der Waals surface area (Å²) in [5.41, 5.74) is 1.86. The number of carbonyl (C=O) groups is 1. The maximum atomic E-state index is 12.1. The molecule has 0 bridgehead atoms. The zero-order chi connectivity index (χ0) is 17.2. The van der Waals surface area contributed by atoms with Crippen molar-refractivity contribution in [1.29, 1.82) is 0 Å². The van der Waals surface area contributed by atoms with Crippen molar-refractivity contribution in [1.82, 2.24) is 19.9 Å². The zero-order valence-corrected chi connectivity index (χ0v) is 15.1. The van der Waals surface area contributed by atoms with Crippen LogP contribution in [0, 0.1) is 0 Å². The lowest BCUT2D eigenvalue weighted by Crippen LogP contribution is -2.45. The second-order valence-electron chi connectivity index (χ2n) is 6.21. The molecule has 1 N–H and O–H groups in total. The van der Waals surface area contributed by atoms with Crippen LogP contribution >= 0.6 is 22.9 Å². The predicted octanol–water partition coefficient (Wildman–Crippen LogP) is 2.77. The van der Waals surface area contributed by atoms with E-state index < -0.39 is 0 Å². The molecule has 25 heavy (non-hydrogen) atoms. The van der Waals surface area contributed by atoms with Gasteiger partial charge in [0.1, 0.15) is 0 Å². The molecule has 0 aliphatic carbocycles. The number of halogens is 1.